The van der Waals surface area contributed by atoms with Crippen molar-refractivity contribution in [1.29, 1.82) is 0 Å². The number of esters is 1. The maximum absolute atomic E-state index is 12.7. The molecule has 0 saturated heterocycles. The zero-order valence-corrected chi connectivity index (χ0v) is 20.5. The van der Waals surface area contributed by atoms with Crippen molar-refractivity contribution in [3.05, 3.63) is 75.9 Å². The lowest BCUT2D eigenvalue weighted by Gasteiger charge is -2.20. The lowest BCUT2D eigenvalue weighted by atomic mass is 10.1. The molecule has 1 aliphatic rings. The third-order valence-electron chi connectivity index (χ3n) is 5.23. The highest BCUT2D eigenvalue weighted by molar-refractivity contribution is 8.18. The number of anilines is 1. The largest absolute Gasteiger partial charge is 0.506 e. The number of amides is 1. The summed E-state index contributed by atoms with van der Waals surface area (Å²) in [4.78, 5) is 32.1. The Kier molecular flexibility index (Phi) is 8.54. The number of aliphatic hydroxyl groups excluding tert-OH is 1. The third-order valence-corrected chi connectivity index (χ3v) is 6.25. The average molecular weight is 481 g/mol. The van der Waals surface area contributed by atoms with Crippen molar-refractivity contribution in [1.82, 2.24) is 0 Å². The number of benzene rings is 2. The molecule has 1 amide bonds. The molecule has 34 heavy (non-hydrogen) atoms. The molecule has 0 atom stereocenters. The van der Waals surface area contributed by atoms with Crippen molar-refractivity contribution in [3.63, 3.8) is 0 Å². The second kappa shape index (κ2) is 11.6. The Bertz CT molecular complexity index is 1130. The van der Waals surface area contributed by atoms with Crippen LogP contribution in [0.5, 0.6) is 5.75 Å². The number of hydrogen-bond donors (Lipinski definition) is 1. The van der Waals surface area contributed by atoms with Gasteiger partial charge in [-0.3, -0.25) is 4.79 Å². The second-order valence-corrected chi connectivity index (χ2v) is 8.30. The summed E-state index contributed by atoms with van der Waals surface area (Å²) in [6, 6.07) is 14.4. The average Bonchev–Trinajstić information content (AvgIpc) is 3.15. The summed E-state index contributed by atoms with van der Waals surface area (Å²) >= 11 is 1.06. The van der Waals surface area contributed by atoms with Crippen LogP contribution in [0.1, 0.15) is 36.7 Å². The van der Waals surface area contributed by atoms with E-state index in [0.717, 1.165) is 36.1 Å². The van der Waals surface area contributed by atoms with Crippen LogP contribution in [-0.4, -0.2) is 48.8 Å². The number of carbonyl (C=O) groups is 2. The quantitative estimate of drug-likeness (QED) is 0.517. The van der Waals surface area contributed by atoms with E-state index in [9.17, 15) is 14.7 Å². The fraction of sp³-hybridized carbons (Fsp3) is 0.269. The van der Waals surface area contributed by atoms with E-state index in [1.165, 1.54) is 7.11 Å². The number of aliphatic hydroxyl groups is 1. The van der Waals surface area contributed by atoms with Gasteiger partial charge in [-0.2, -0.15) is 0 Å². The van der Waals surface area contributed by atoms with E-state index >= 15 is 0 Å². The number of nitrogens with zero attached hydrogens (tertiary/aromatic N) is 2. The van der Waals surface area contributed by atoms with Gasteiger partial charge in [-0.25, -0.2) is 9.79 Å². The van der Waals surface area contributed by atoms with Crippen LogP contribution < -0.4 is 9.64 Å². The van der Waals surface area contributed by atoms with Crippen LogP contribution in [0.3, 0.4) is 0 Å². The Morgan fingerprint density at radius 3 is 2.24 bits per heavy atom. The van der Waals surface area contributed by atoms with Gasteiger partial charge in [-0.15, -0.1) is 0 Å². The number of aliphatic imine (C=N–C) groups is 1. The van der Waals surface area contributed by atoms with E-state index in [1.54, 1.807) is 37.3 Å². The molecule has 0 fully saturated rings. The SMILES string of the molecule is CCOC(=O)C1=C(O)/C(=C/c2ccc(N(CC)CC)cc2)SC1=NC(=O)c1ccc(OC)cc1. The minimum Gasteiger partial charge on any atom is -0.506 e. The maximum atomic E-state index is 12.7. The predicted octanol–water partition coefficient (Wildman–Crippen LogP) is 5.24. The minimum atomic E-state index is -0.728. The van der Waals surface area contributed by atoms with Gasteiger partial charge < -0.3 is 19.5 Å². The molecule has 178 valence electrons. The first-order valence-corrected chi connectivity index (χ1v) is 11.9. The van der Waals surface area contributed by atoms with E-state index in [-0.39, 0.29) is 23.0 Å². The van der Waals surface area contributed by atoms with Crippen LogP contribution in [-0.2, 0) is 9.53 Å². The predicted molar refractivity (Wildman–Crippen MR) is 137 cm³/mol. The van der Waals surface area contributed by atoms with Gasteiger partial charge in [0, 0.05) is 24.3 Å². The Hall–Kier alpha value is -3.52. The second-order valence-electron chi connectivity index (χ2n) is 7.27. The molecule has 3 rings (SSSR count). The number of ether oxygens (including phenoxy) is 2. The molecule has 0 aliphatic carbocycles. The van der Waals surface area contributed by atoms with E-state index in [4.69, 9.17) is 9.47 Å². The first-order valence-electron chi connectivity index (χ1n) is 11.0. The van der Waals surface area contributed by atoms with Crippen LogP contribution in [0, 0.1) is 0 Å². The smallest absolute Gasteiger partial charge is 0.344 e. The number of carbonyl (C=O) groups excluding carboxylic acids is 2. The highest BCUT2D eigenvalue weighted by Gasteiger charge is 2.34. The first-order chi connectivity index (χ1) is 16.4. The van der Waals surface area contributed by atoms with Gasteiger partial charge >= 0.3 is 5.97 Å². The fourth-order valence-electron chi connectivity index (χ4n) is 3.40. The Balaban J connectivity index is 1.93. The lowest BCUT2D eigenvalue weighted by Crippen LogP contribution is -2.21. The van der Waals surface area contributed by atoms with Crippen LogP contribution in [0.15, 0.2) is 69.8 Å². The maximum Gasteiger partial charge on any atom is 0.344 e. The topological polar surface area (TPSA) is 88.4 Å². The van der Waals surface area contributed by atoms with Gasteiger partial charge in [0.1, 0.15) is 22.1 Å². The van der Waals surface area contributed by atoms with E-state index < -0.39 is 11.9 Å². The summed E-state index contributed by atoms with van der Waals surface area (Å²) in [6.07, 6.45) is 1.76. The van der Waals surface area contributed by atoms with Crippen molar-refractivity contribution in [2.75, 3.05) is 31.7 Å². The molecule has 0 radical (unpaired) electrons. The molecule has 7 nitrogen and oxygen atoms in total. The van der Waals surface area contributed by atoms with Gasteiger partial charge in [0.15, 0.2) is 0 Å². The monoisotopic (exact) mass is 480 g/mol. The highest BCUT2D eigenvalue weighted by atomic mass is 32.2. The molecule has 0 aromatic heterocycles. The number of thioether (sulfide) groups is 1. The van der Waals surface area contributed by atoms with Crippen molar-refractivity contribution >= 4 is 40.4 Å². The van der Waals surface area contributed by atoms with Crippen LogP contribution in [0.2, 0.25) is 0 Å². The van der Waals surface area contributed by atoms with Gasteiger partial charge in [-0.05, 0) is 68.8 Å². The van der Waals surface area contributed by atoms with Crippen LogP contribution in [0.4, 0.5) is 5.69 Å². The molecule has 1 aliphatic heterocycles. The normalized spacial score (nSPS) is 15.6. The summed E-state index contributed by atoms with van der Waals surface area (Å²) in [6.45, 7) is 7.81. The first kappa shape index (κ1) is 25.1. The summed E-state index contributed by atoms with van der Waals surface area (Å²) < 4.78 is 10.2. The molecule has 0 saturated carbocycles. The van der Waals surface area contributed by atoms with Gasteiger partial charge in [0.2, 0.25) is 0 Å². The van der Waals surface area contributed by atoms with Gasteiger partial charge in [-0.1, -0.05) is 23.9 Å². The molecule has 0 spiro atoms. The molecule has 0 unspecified atom stereocenters. The highest BCUT2D eigenvalue weighted by Crippen LogP contribution is 2.39. The number of hydrogen-bond acceptors (Lipinski definition) is 7. The van der Waals surface area contributed by atoms with Crippen molar-refractivity contribution in [3.8, 4) is 5.75 Å². The standard InChI is InChI=1S/C26H28N2O5S/c1-5-28(6-2)19-12-8-17(9-13-19)16-21-23(29)22(26(31)33-7-3)25(34-21)27-24(30)18-10-14-20(32-4)15-11-18/h8-16,29H,5-7H2,1-4H3/b21-16-,27-25?. The van der Waals surface area contributed by atoms with E-state index in [1.807, 2.05) is 24.3 Å². The van der Waals surface area contributed by atoms with Crippen LogP contribution in [0.25, 0.3) is 6.08 Å². The minimum absolute atomic E-state index is 0.0998. The lowest BCUT2D eigenvalue weighted by molar-refractivity contribution is -0.138. The summed E-state index contributed by atoms with van der Waals surface area (Å²) in [5.74, 6) is -0.905. The zero-order valence-electron chi connectivity index (χ0n) is 19.7. The molecule has 2 aromatic rings. The molecular weight excluding hydrogens is 452 g/mol. The van der Waals surface area contributed by atoms with Crippen molar-refractivity contribution in [2.24, 2.45) is 4.99 Å². The fourth-order valence-corrected chi connectivity index (χ4v) is 4.42. The van der Waals surface area contributed by atoms with Gasteiger partial charge in [0.05, 0.1) is 18.6 Å². The number of rotatable bonds is 8. The van der Waals surface area contributed by atoms with Crippen molar-refractivity contribution < 1.29 is 24.2 Å². The molecule has 2 aromatic carbocycles. The molecule has 1 heterocycles. The van der Waals surface area contributed by atoms with E-state index in [2.05, 4.69) is 23.7 Å². The molecule has 8 heteroatoms. The van der Waals surface area contributed by atoms with Gasteiger partial charge in [0.25, 0.3) is 5.91 Å². The summed E-state index contributed by atoms with van der Waals surface area (Å²) in [5.41, 5.74) is 2.17. The molecule has 1 N–H and O–H groups in total. The van der Waals surface area contributed by atoms with Crippen LogP contribution >= 0.6 is 11.8 Å². The Morgan fingerprint density at radius 2 is 1.68 bits per heavy atom. The van der Waals surface area contributed by atoms with Crippen molar-refractivity contribution in [2.45, 2.75) is 20.8 Å². The Morgan fingerprint density at radius 1 is 1.03 bits per heavy atom. The zero-order chi connectivity index (χ0) is 24.7. The molecule has 0 bridgehead atoms. The Labute approximate surface area is 203 Å². The molecular formula is C26H28N2O5S. The number of methoxy groups -OCH3 is 1. The summed E-state index contributed by atoms with van der Waals surface area (Å²) in [5, 5.41) is 10.9. The summed E-state index contributed by atoms with van der Waals surface area (Å²) in [7, 11) is 1.54. The van der Waals surface area contributed by atoms with E-state index in [0.29, 0.717) is 16.2 Å². The third kappa shape index (κ3) is 5.69.